The van der Waals surface area contributed by atoms with Crippen molar-refractivity contribution in [2.45, 2.75) is 38.3 Å². The second-order valence-electron chi connectivity index (χ2n) is 6.35. The van der Waals surface area contributed by atoms with E-state index in [2.05, 4.69) is 4.90 Å². The number of rotatable bonds is 7. The zero-order valence-corrected chi connectivity index (χ0v) is 14.5. The Morgan fingerprint density at radius 1 is 1.46 bits per heavy atom. The largest absolute Gasteiger partial charge is 0.494 e. The normalized spacial score (nSPS) is 18.4. The van der Waals surface area contributed by atoms with Crippen molar-refractivity contribution in [3.05, 3.63) is 29.6 Å². The van der Waals surface area contributed by atoms with E-state index in [1.165, 1.54) is 13.2 Å². The molecule has 0 bridgehead atoms. The standard InChI is InChI=1S/C18H27FN2O3/c1-20(12-14-6-7-17(24-2)16(19)11-14)18(23)13-21-9-4-3-5-15(21)8-10-22/h6-7,11,15,22H,3-5,8-10,12-13H2,1-2H3. The van der Waals surface area contributed by atoms with Crippen LogP contribution in [0, 0.1) is 5.82 Å². The van der Waals surface area contributed by atoms with E-state index in [1.54, 1.807) is 24.1 Å². The lowest BCUT2D eigenvalue weighted by Gasteiger charge is -2.35. The van der Waals surface area contributed by atoms with Crippen LogP contribution in [0.15, 0.2) is 18.2 Å². The third kappa shape index (κ3) is 4.92. The highest BCUT2D eigenvalue weighted by atomic mass is 19.1. The van der Waals surface area contributed by atoms with Gasteiger partial charge in [0, 0.05) is 26.2 Å². The molecule has 1 fully saturated rings. The van der Waals surface area contributed by atoms with Crippen LogP contribution < -0.4 is 4.74 Å². The van der Waals surface area contributed by atoms with Crippen molar-refractivity contribution in [3.63, 3.8) is 0 Å². The second-order valence-corrected chi connectivity index (χ2v) is 6.35. The summed E-state index contributed by atoms with van der Waals surface area (Å²) in [7, 11) is 3.16. The summed E-state index contributed by atoms with van der Waals surface area (Å²) in [5, 5.41) is 9.18. The lowest BCUT2D eigenvalue weighted by Crippen LogP contribution is -2.46. The molecule has 1 N–H and O–H groups in total. The molecule has 6 heteroatoms. The van der Waals surface area contributed by atoms with Crippen LogP contribution in [0.25, 0.3) is 0 Å². The minimum Gasteiger partial charge on any atom is -0.494 e. The quantitative estimate of drug-likeness (QED) is 0.826. The maximum atomic E-state index is 13.8. The van der Waals surface area contributed by atoms with Gasteiger partial charge in [0.1, 0.15) is 0 Å². The molecule has 134 valence electrons. The molecule has 1 heterocycles. The number of aliphatic hydroxyl groups is 1. The first kappa shape index (κ1) is 18.7. The molecule has 1 saturated heterocycles. The van der Waals surface area contributed by atoms with Gasteiger partial charge < -0.3 is 14.7 Å². The number of likely N-dealkylation sites (tertiary alicyclic amines) is 1. The summed E-state index contributed by atoms with van der Waals surface area (Å²) >= 11 is 0. The summed E-state index contributed by atoms with van der Waals surface area (Å²) in [5.41, 5.74) is 0.731. The Bertz CT molecular complexity index is 551. The van der Waals surface area contributed by atoms with Crippen molar-refractivity contribution in [1.82, 2.24) is 9.80 Å². The first-order chi connectivity index (χ1) is 11.5. The van der Waals surface area contributed by atoms with Gasteiger partial charge in [-0.3, -0.25) is 9.69 Å². The van der Waals surface area contributed by atoms with Gasteiger partial charge in [-0.15, -0.1) is 0 Å². The zero-order valence-electron chi connectivity index (χ0n) is 14.5. The van der Waals surface area contributed by atoms with Crippen LogP contribution >= 0.6 is 0 Å². The Labute approximate surface area is 143 Å². The van der Waals surface area contributed by atoms with E-state index in [4.69, 9.17) is 4.74 Å². The van der Waals surface area contributed by atoms with Crippen molar-refractivity contribution < 1.29 is 19.0 Å². The zero-order chi connectivity index (χ0) is 17.5. The van der Waals surface area contributed by atoms with Crippen molar-refractivity contribution >= 4 is 5.91 Å². The number of benzene rings is 1. The van der Waals surface area contributed by atoms with E-state index in [9.17, 15) is 14.3 Å². The maximum Gasteiger partial charge on any atom is 0.236 e. The molecule has 2 rings (SSSR count). The molecule has 1 aliphatic heterocycles. The fourth-order valence-corrected chi connectivity index (χ4v) is 3.21. The van der Waals surface area contributed by atoms with Crippen molar-refractivity contribution in [2.75, 3.05) is 33.9 Å². The number of hydrogen-bond acceptors (Lipinski definition) is 4. The van der Waals surface area contributed by atoms with Gasteiger partial charge >= 0.3 is 0 Å². The molecular weight excluding hydrogens is 311 g/mol. The Balaban J connectivity index is 1.92. The molecular formula is C18H27FN2O3. The number of aliphatic hydroxyl groups excluding tert-OH is 1. The number of ether oxygens (including phenoxy) is 1. The molecule has 1 aliphatic rings. The molecule has 0 saturated carbocycles. The fraction of sp³-hybridized carbons (Fsp3) is 0.611. The predicted octanol–water partition coefficient (Wildman–Crippen LogP) is 2.03. The lowest BCUT2D eigenvalue weighted by atomic mass is 9.99. The van der Waals surface area contributed by atoms with Gasteiger partial charge in [0.15, 0.2) is 11.6 Å². The number of hydrogen-bond donors (Lipinski definition) is 1. The first-order valence-electron chi connectivity index (χ1n) is 8.46. The Kier molecular flexibility index (Phi) is 6.99. The molecule has 1 aromatic carbocycles. The number of halogens is 1. The van der Waals surface area contributed by atoms with E-state index in [0.717, 1.165) is 31.4 Å². The summed E-state index contributed by atoms with van der Waals surface area (Å²) in [5.74, 6) is -0.209. The van der Waals surface area contributed by atoms with Gasteiger partial charge in [-0.2, -0.15) is 0 Å². The SMILES string of the molecule is COc1ccc(CN(C)C(=O)CN2CCCCC2CCO)cc1F. The Morgan fingerprint density at radius 2 is 2.25 bits per heavy atom. The smallest absolute Gasteiger partial charge is 0.236 e. The van der Waals surface area contributed by atoms with Gasteiger partial charge in [0.25, 0.3) is 0 Å². The fourth-order valence-electron chi connectivity index (χ4n) is 3.21. The van der Waals surface area contributed by atoms with Crippen LogP contribution in [-0.2, 0) is 11.3 Å². The molecule has 1 atom stereocenters. The van der Waals surface area contributed by atoms with Crippen LogP contribution in [0.2, 0.25) is 0 Å². The molecule has 24 heavy (non-hydrogen) atoms. The highest BCUT2D eigenvalue weighted by Crippen LogP contribution is 2.20. The molecule has 0 radical (unpaired) electrons. The van der Waals surface area contributed by atoms with Crippen molar-refractivity contribution in [1.29, 1.82) is 0 Å². The Hall–Kier alpha value is -1.66. The van der Waals surface area contributed by atoms with Crippen LogP contribution in [0.5, 0.6) is 5.75 Å². The summed E-state index contributed by atoms with van der Waals surface area (Å²) in [4.78, 5) is 16.3. The minimum absolute atomic E-state index is 0.0102. The average Bonchev–Trinajstić information content (AvgIpc) is 2.57. The average molecular weight is 338 g/mol. The topological polar surface area (TPSA) is 53.0 Å². The highest BCUT2D eigenvalue weighted by Gasteiger charge is 2.25. The Morgan fingerprint density at radius 3 is 2.92 bits per heavy atom. The molecule has 1 unspecified atom stereocenters. The van der Waals surface area contributed by atoms with E-state index in [-0.39, 0.29) is 24.3 Å². The van der Waals surface area contributed by atoms with Crippen molar-refractivity contribution in [2.24, 2.45) is 0 Å². The monoisotopic (exact) mass is 338 g/mol. The highest BCUT2D eigenvalue weighted by molar-refractivity contribution is 5.78. The number of methoxy groups -OCH3 is 1. The maximum absolute atomic E-state index is 13.8. The molecule has 1 amide bonds. The summed E-state index contributed by atoms with van der Waals surface area (Å²) in [6, 6.07) is 5.02. The van der Waals surface area contributed by atoms with E-state index in [1.807, 2.05) is 0 Å². The predicted molar refractivity (Wildman–Crippen MR) is 90.3 cm³/mol. The molecule has 1 aromatic rings. The third-order valence-corrected chi connectivity index (χ3v) is 4.61. The third-order valence-electron chi connectivity index (χ3n) is 4.61. The number of nitrogens with zero attached hydrogens (tertiary/aromatic N) is 2. The van der Waals surface area contributed by atoms with Gasteiger partial charge in [0.05, 0.1) is 13.7 Å². The van der Waals surface area contributed by atoms with E-state index in [0.29, 0.717) is 19.5 Å². The lowest BCUT2D eigenvalue weighted by molar-refractivity contribution is -0.132. The first-order valence-corrected chi connectivity index (χ1v) is 8.46. The van der Waals surface area contributed by atoms with Gasteiger partial charge in [-0.25, -0.2) is 4.39 Å². The van der Waals surface area contributed by atoms with E-state index < -0.39 is 5.82 Å². The summed E-state index contributed by atoms with van der Waals surface area (Å²) in [6.07, 6.45) is 3.97. The van der Waals surface area contributed by atoms with E-state index >= 15 is 0 Å². The van der Waals surface area contributed by atoms with Crippen LogP contribution in [0.1, 0.15) is 31.2 Å². The van der Waals surface area contributed by atoms with Crippen LogP contribution in [0.4, 0.5) is 4.39 Å². The number of likely N-dealkylation sites (N-methyl/N-ethyl adjacent to an activating group) is 1. The molecule has 0 spiro atoms. The van der Waals surface area contributed by atoms with Gasteiger partial charge in [-0.1, -0.05) is 12.5 Å². The molecule has 0 aromatic heterocycles. The molecule has 5 nitrogen and oxygen atoms in total. The van der Waals surface area contributed by atoms with Crippen molar-refractivity contribution in [3.8, 4) is 5.75 Å². The number of amides is 1. The summed E-state index contributed by atoms with van der Waals surface area (Å²) < 4.78 is 18.7. The number of carbonyl (C=O) groups excluding carboxylic acids is 1. The number of carbonyl (C=O) groups is 1. The number of piperidine rings is 1. The van der Waals surface area contributed by atoms with Crippen LogP contribution in [0.3, 0.4) is 0 Å². The molecule has 0 aliphatic carbocycles. The van der Waals surface area contributed by atoms with Gasteiger partial charge in [0.2, 0.25) is 5.91 Å². The summed E-state index contributed by atoms with van der Waals surface area (Å²) in [6.45, 7) is 1.75. The van der Waals surface area contributed by atoms with Gasteiger partial charge in [-0.05, 0) is 43.5 Å². The second kappa shape index (κ2) is 8.99. The minimum atomic E-state index is -0.421. The van der Waals surface area contributed by atoms with Crippen LogP contribution in [-0.4, -0.2) is 60.7 Å².